The van der Waals surface area contributed by atoms with Crippen molar-refractivity contribution in [3.63, 3.8) is 0 Å². The molecule has 1 unspecified atom stereocenters. The van der Waals surface area contributed by atoms with Crippen LogP contribution < -0.4 is 10.6 Å². The molecule has 0 saturated heterocycles. The first-order chi connectivity index (χ1) is 15.9. The Bertz CT molecular complexity index is 1220. The number of hydrogen-bond donors (Lipinski definition) is 2. The predicted octanol–water partition coefficient (Wildman–Crippen LogP) is 5.84. The van der Waals surface area contributed by atoms with Gasteiger partial charge in [0.1, 0.15) is 0 Å². The van der Waals surface area contributed by atoms with Gasteiger partial charge in [-0.25, -0.2) is 4.98 Å². The third-order valence-electron chi connectivity index (χ3n) is 5.13. The number of carbonyl (C=O) groups excluding carboxylic acids is 2. The Morgan fingerprint density at radius 1 is 1.06 bits per heavy atom. The zero-order valence-corrected chi connectivity index (χ0v) is 17.9. The molecule has 0 fully saturated rings. The molecule has 0 bridgehead atoms. The third-order valence-corrected chi connectivity index (χ3v) is 6.04. The summed E-state index contributed by atoms with van der Waals surface area (Å²) in [4.78, 5) is 29.1. The zero-order chi connectivity index (χ0) is 24.7. The van der Waals surface area contributed by atoms with E-state index < -0.39 is 35.3 Å². The monoisotopic (exact) mass is 499 g/mol. The Morgan fingerprint density at radius 2 is 1.71 bits per heavy atom. The van der Waals surface area contributed by atoms with Crippen molar-refractivity contribution in [2.45, 2.75) is 31.1 Å². The van der Waals surface area contributed by atoms with Gasteiger partial charge in [-0.3, -0.25) is 9.59 Å². The van der Waals surface area contributed by atoms with E-state index in [1.54, 1.807) is 24.3 Å². The molecule has 0 spiro atoms. The van der Waals surface area contributed by atoms with Crippen molar-refractivity contribution in [1.29, 1.82) is 0 Å². The summed E-state index contributed by atoms with van der Waals surface area (Å²) in [7, 11) is 0. The van der Waals surface area contributed by atoms with E-state index in [0.29, 0.717) is 28.3 Å². The maximum Gasteiger partial charge on any atom is 0.416 e. The lowest BCUT2D eigenvalue weighted by molar-refractivity contribution is -0.143. The Hall–Kier alpha value is -3.41. The minimum absolute atomic E-state index is 0.0694. The second-order valence-electron chi connectivity index (χ2n) is 7.60. The lowest BCUT2D eigenvalue weighted by Gasteiger charge is -2.24. The molecule has 12 heteroatoms. The third kappa shape index (κ3) is 5.22. The Balaban J connectivity index is 1.53. The highest BCUT2D eigenvalue weighted by atomic mass is 32.1. The number of thiazole rings is 1. The first-order valence-electron chi connectivity index (χ1n) is 9.83. The summed E-state index contributed by atoms with van der Waals surface area (Å²) in [5, 5.41) is 5.37. The normalized spacial score (nSPS) is 16.1. The van der Waals surface area contributed by atoms with Gasteiger partial charge in [0.05, 0.1) is 17.0 Å². The van der Waals surface area contributed by atoms with Crippen LogP contribution in [-0.2, 0) is 28.4 Å². The van der Waals surface area contributed by atoms with Crippen molar-refractivity contribution in [2.24, 2.45) is 0 Å². The fourth-order valence-corrected chi connectivity index (χ4v) is 4.46. The van der Waals surface area contributed by atoms with Crippen LogP contribution in [-0.4, -0.2) is 16.8 Å². The summed E-state index contributed by atoms with van der Waals surface area (Å²) in [6, 6.07) is 8.19. The Labute approximate surface area is 192 Å². The number of carbonyl (C=O) groups is 2. The topological polar surface area (TPSA) is 71.1 Å². The standard InChI is InChI=1S/C22H15F6N3O2S/c23-21(24,25)12-5-11(6-13(8-12)22(26,27)28)7-14-10-29-20(34-14)31-19(33)16-9-18(32)30-17-4-2-1-3-15(16)17/h1-6,8,10,16H,7,9H2,(H,30,32)(H,29,31,33). The highest BCUT2D eigenvalue weighted by Crippen LogP contribution is 2.37. The Morgan fingerprint density at radius 3 is 2.35 bits per heavy atom. The van der Waals surface area contributed by atoms with Gasteiger partial charge < -0.3 is 10.6 Å². The van der Waals surface area contributed by atoms with Gasteiger partial charge in [0, 0.05) is 29.6 Å². The number of rotatable bonds is 4. The molecule has 2 amide bonds. The van der Waals surface area contributed by atoms with Gasteiger partial charge in [-0.05, 0) is 35.4 Å². The van der Waals surface area contributed by atoms with Crippen LogP contribution in [0.5, 0.6) is 0 Å². The summed E-state index contributed by atoms with van der Waals surface area (Å²) >= 11 is 0.923. The number of halogens is 6. The van der Waals surface area contributed by atoms with Crippen molar-refractivity contribution in [2.75, 3.05) is 10.6 Å². The highest BCUT2D eigenvalue weighted by Gasteiger charge is 2.37. The predicted molar refractivity (Wildman–Crippen MR) is 112 cm³/mol. The van der Waals surface area contributed by atoms with Gasteiger partial charge in [-0.15, -0.1) is 11.3 Å². The van der Waals surface area contributed by atoms with E-state index >= 15 is 0 Å². The molecule has 4 rings (SSSR count). The molecule has 1 atom stereocenters. The van der Waals surface area contributed by atoms with Crippen LogP contribution in [0.3, 0.4) is 0 Å². The highest BCUT2D eigenvalue weighted by molar-refractivity contribution is 7.15. The number of para-hydroxylation sites is 1. The number of alkyl halides is 6. The molecule has 1 aliphatic rings. The van der Waals surface area contributed by atoms with E-state index in [0.717, 1.165) is 11.3 Å². The van der Waals surface area contributed by atoms with Gasteiger partial charge >= 0.3 is 12.4 Å². The molecule has 5 nitrogen and oxygen atoms in total. The number of aromatic nitrogens is 1. The van der Waals surface area contributed by atoms with E-state index in [9.17, 15) is 35.9 Å². The van der Waals surface area contributed by atoms with Crippen LogP contribution in [0, 0.1) is 0 Å². The van der Waals surface area contributed by atoms with Crippen LogP contribution in [0.15, 0.2) is 48.7 Å². The number of amides is 2. The lowest BCUT2D eigenvalue weighted by atomic mass is 9.90. The summed E-state index contributed by atoms with van der Waals surface area (Å²) < 4.78 is 78.5. The molecule has 0 radical (unpaired) electrons. The molecular formula is C22H15F6N3O2S. The number of hydrogen-bond acceptors (Lipinski definition) is 4. The van der Waals surface area contributed by atoms with Crippen LogP contribution in [0.4, 0.5) is 37.2 Å². The molecule has 2 heterocycles. The number of nitrogens with zero attached hydrogens (tertiary/aromatic N) is 1. The van der Waals surface area contributed by atoms with Crippen molar-refractivity contribution in [1.82, 2.24) is 4.98 Å². The fraction of sp³-hybridized carbons (Fsp3) is 0.227. The summed E-state index contributed by atoms with van der Waals surface area (Å²) in [5.74, 6) is -1.60. The fourth-order valence-electron chi connectivity index (χ4n) is 3.61. The molecule has 178 valence electrons. The molecule has 0 aliphatic carbocycles. The zero-order valence-electron chi connectivity index (χ0n) is 17.1. The second kappa shape index (κ2) is 8.75. The van der Waals surface area contributed by atoms with Crippen molar-refractivity contribution in [3.8, 4) is 0 Å². The second-order valence-corrected chi connectivity index (χ2v) is 8.72. The van der Waals surface area contributed by atoms with Gasteiger partial charge in [-0.1, -0.05) is 18.2 Å². The van der Waals surface area contributed by atoms with E-state index in [-0.39, 0.29) is 35.5 Å². The first-order valence-corrected chi connectivity index (χ1v) is 10.6. The average Bonchev–Trinajstić information content (AvgIpc) is 3.18. The maximum absolute atomic E-state index is 13.1. The number of nitrogens with one attached hydrogen (secondary N) is 2. The molecule has 2 aromatic carbocycles. The van der Waals surface area contributed by atoms with Gasteiger partial charge in [0.15, 0.2) is 5.13 Å². The van der Waals surface area contributed by atoms with Crippen molar-refractivity contribution < 1.29 is 35.9 Å². The first kappa shape index (κ1) is 23.7. The minimum atomic E-state index is -4.94. The van der Waals surface area contributed by atoms with Crippen LogP contribution in [0.2, 0.25) is 0 Å². The quantitative estimate of drug-likeness (QED) is 0.444. The molecule has 1 aliphatic heterocycles. The lowest BCUT2D eigenvalue weighted by Crippen LogP contribution is -2.30. The number of fused-ring (bicyclic) bond motifs is 1. The maximum atomic E-state index is 13.1. The summed E-state index contributed by atoms with van der Waals surface area (Å²) in [6.45, 7) is 0. The van der Waals surface area contributed by atoms with Crippen molar-refractivity contribution in [3.05, 3.63) is 75.8 Å². The van der Waals surface area contributed by atoms with Gasteiger partial charge in [-0.2, -0.15) is 26.3 Å². The SMILES string of the molecule is O=C1CC(C(=O)Nc2ncc(Cc3cc(C(F)(F)F)cc(C(F)(F)F)c3)s2)c2ccccc2N1. The molecule has 1 aromatic heterocycles. The van der Waals surface area contributed by atoms with E-state index in [1.807, 2.05) is 0 Å². The van der Waals surface area contributed by atoms with E-state index in [2.05, 4.69) is 15.6 Å². The molecule has 2 N–H and O–H groups in total. The van der Waals surface area contributed by atoms with E-state index in [1.165, 1.54) is 6.20 Å². The minimum Gasteiger partial charge on any atom is -0.326 e. The molecular weight excluding hydrogens is 484 g/mol. The van der Waals surface area contributed by atoms with Crippen LogP contribution in [0.25, 0.3) is 0 Å². The number of benzene rings is 2. The van der Waals surface area contributed by atoms with E-state index in [4.69, 9.17) is 0 Å². The molecule has 34 heavy (non-hydrogen) atoms. The van der Waals surface area contributed by atoms with Crippen LogP contribution in [0.1, 0.15) is 39.5 Å². The van der Waals surface area contributed by atoms with Gasteiger partial charge in [0.25, 0.3) is 0 Å². The summed E-state index contributed by atoms with van der Waals surface area (Å²) in [6.07, 6.45) is -8.92. The Kier molecular flexibility index (Phi) is 6.11. The smallest absolute Gasteiger partial charge is 0.326 e. The molecule has 0 saturated carbocycles. The molecule has 3 aromatic rings. The number of anilines is 2. The van der Waals surface area contributed by atoms with Crippen LogP contribution >= 0.6 is 11.3 Å². The van der Waals surface area contributed by atoms with Gasteiger partial charge in [0.2, 0.25) is 11.8 Å². The average molecular weight is 499 g/mol. The summed E-state index contributed by atoms with van der Waals surface area (Å²) in [5.41, 5.74) is -1.85. The largest absolute Gasteiger partial charge is 0.416 e. The van der Waals surface area contributed by atoms with Crippen molar-refractivity contribution >= 4 is 34.0 Å².